The van der Waals surface area contributed by atoms with Crippen molar-refractivity contribution >= 4 is 0 Å². The summed E-state index contributed by atoms with van der Waals surface area (Å²) in [4.78, 5) is 0. The lowest BCUT2D eigenvalue weighted by Gasteiger charge is -2.44. The molecule has 0 spiro atoms. The fourth-order valence-corrected chi connectivity index (χ4v) is 3.86. The van der Waals surface area contributed by atoms with Crippen molar-refractivity contribution in [2.75, 3.05) is 0 Å². The highest BCUT2D eigenvalue weighted by atomic mass is 16.3. The standard InChI is InChI=1S/C13H20O/c14-13-10-5-3-7-12(13)11-6-2-1-4-9(11)8-10/h10,12-14H,1-8H2/t10?,12?,13-/m0/s1. The van der Waals surface area contributed by atoms with Crippen LogP contribution in [0, 0.1) is 11.8 Å². The first kappa shape index (κ1) is 8.96. The first-order valence-electron chi connectivity index (χ1n) is 6.25. The highest BCUT2D eigenvalue weighted by molar-refractivity contribution is 5.26. The molecule has 0 heterocycles. The van der Waals surface area contributed by atoms with Gasteiger partial charge in [-0.25, -0.2) is 0 Å². The number of aliphatic hydroxyl groups excluding tert-OH is 1. The van der Waals surface area contributed by atoms with Crippen LogP contribution in [0.2, 0.25) is 0 Å². The summed E-state index contributed by atoms with van der Waals surface area (Å²) in [5.41, 5.74) is 3.43. The maximum Gasteiger partial charge on any atom is 0.0636 e. The number of aliphatic hydroxyl groups is 1. The maximum absolute atomic E-state index is 10.2. The number of hydrogen-bond donors (Lipinski definition) is 1. The molecule has 3 atom stereocenters. The van der Waals surface area contributed by atoms with Crippen LogP contribution in [0.1, 0.15) is 51.4 Å². The highest BCUT2D eigenvalue weighted by Gasteiger charge is 2.39. The highest BCUT2D eigenvalue weighted by Crippen LogP contribution is 2.47. The van der Waals surface area contributed by atoms with Crippen LogP contribution < -0.4 is 0 Å². The SMILES string of the molecule is O[C@H]1C2CCCC1C1=C(CCCC1)C2. The van der Waals surface area contributed by atoms with Gasteiger partial charge in [0.1, 0.15) is 0 Å². The van der Waals surface area contributed by atoms with E-state index in [1.807, 2.05) is 0 Å². The number of fused-ring (bicyclic) bond motifs is 3. The summed E-state index contributed by atoms with van der Waals surface area (Å²) >= 11 is 0. The normalized spacial score (nSPS) is 42.2. The smallest absolute Gasteiger partial charge is 0.0636 e. The lowest BCUT2D eigenvalue weighted by atomic mass is 9.64. The van der Waals surface area contributed by atoms with Gasteiger partial charge >= 0.3 is 0 Å². The van der Waals surface area contributed by atoms with Gasteiger partial charge in [-0.3, -0.25) is 0 Å². The third kappa shape index (κ3) is 1.25. The van der Waals surface area contributed by atoms with E-state index < -0.39 is 0 Å². The lowest BCUT2D eigenvalue weighted by molar-refractivity contribution is 0.0195. The van der Waals surface area contributed by atoms with Gasteiger partial charge in [-0.05, 0) is 50.9 Å². The van der Waals surface area contributed by atoms with E-state index in [4.69, 9.17) is 0 Å². The van der Waals surface area contributed by atoms with Crippen molar-refractivity contribution in [3.8, 4) is 0 Å². The molecule has 1 heteroatoms. The van der Waals surface area contributed by atoms with E-state index in [0.29, 0.717) is 11.8 Å². The second-order valence-corrected chi connectivity index (χ2v) is 5.33. The number of hydrogen-bond acceptors (Lipinski definition) is 1. The molecule has 0 aliphatic heterocycles. The van der Waals surface area contributed by atoms with Gasteiger partial charge in [0.15, 0.2) is 0 Å². The molecular weight excluding hydrogens is 172 g/mol. The molecule has 0 amide bonds. The molecule has 78 valence electrons. The first-order chi connectivity index (χ1) is 6.86. The van der Waals surface area contributed by atoms with Gasteiger partial charge in [-0.15, -0.1) is 0 Å². The summed E-state index contributed by atoms with van der Waals surface area (Å²) in [6, 6.07) is 0. The lowest BCUT2D eigenvalue weighted by Crippen LogP contribution is -2.39. The summed E-state index contributed by atoms with van der Waals surface area (Å²) < 4.78 is 0. The van der Waals surface area contributed by atoms with Gasteiger partial charge in [-0.1, -0.05) is 17.6 Å². The summed E-state index contributed by atoms with van der Waals surface area (Å²) in [5.74, 6) is 1.18. The molecule has 0 aromatic rings. The van der Waals surface area contributed by atoms with E-state index in [1.165, 1.54) is 51.4 Å². The van der Waals surface area contributed by atoms with E-state index in [9.17, 15) is 5.11 Å². The Hall–Kier alpha value is -0.300. The Bertz CT molecular complexity index is 266. The molecule has 3 rings (SSSR count). The Kier molecular flexibility index (Phi) is 2.16. The van der Waals surface area contributed by atoms with Gasteiger partial charge in [0.2, 0.25) is 0 Å². The minimum Gasteiger partial charge on any atom is -0.392 e. The minimum absolute atomic E-state index is 0.0144. The molecule has 0 saturated heterocycles. The molecule has 0 aromatic heterocycles. The molecule has 0 aromatic carbocycles. The second-order valence-electron chi connectivity index (χ2n) is 5.33. The summed E-state index contributed by atoms with van der Waals surface area (Å²) in [7, 11) is 0. The quantitative estimate of drug-likeness (QED) is 0.585. The molecule has 1 fully saturated rings. The molecule has 3 aliphatic carbocycles. The van der Waals surface area contributed by atoms with Crippen molar-refractivity contribution in [1.82, 2.24) is 0 Å². The molecule has 2 bridgehead atoms. The van der Waals surface area contributed by atoms with Crippen LogP contribution in [-0.2, 0) is 0 Å². The number of allylic oxidation sites excluding steroid dienone is 1. The molecule has 1 N–H and O–H groups in total. The Morgan fingerprint density at radius 2 is 1.86 bits per heavy atom. The molecule has 0 radical (unpaired) electrons. The van der Waals surface area contributed by atoms with E-state index >= 15 is 0 Å². The zero-order valence-corrected chi connectivity index (χ0v) is 8.84. The monoisotopic (exact) mass is 192 g/mol. The average Bonchev–Trinajstić information content (AvgIpc) is 2.18. The fraction of sp³-hybridized carbons (Fsp3) is 0.846. The van der Waals surface area contributed by atoms with Gasteiger partial charge in [0.25, 0.3) is 0 Å². The zero-order valence-electron chi connectivity index (χ0n) is 8.84. The number of rotatable bonds is 0. The van der Waals surface area contributed by atoms with Gasteiger partial charge in [-0.2, -0.15) is 0 Å². The van der Waals surface area contributed by atoms with Crippen molar-refractivity contribution < 1.29 is 5.11 Å². The van der Waals surface area contributed by atoms with Crippen molar-refractivity contribution in [2.24, 2.45) is 11.8 Å². The van der Waals surface area contributed by atoms with Crippen LogP contribution in [0.4, 0.5) is 0 Å². The predicted octanol–water partition coefficient (Wildman–Crippen LogP) is 3.04. The summed E-state index contributed by atoms with van der Waals surface area (Å²) in [5, 5.41) is 10.2. The second kappa shape index (κ2) is 3.37. The molecular formula is C13H20O. The van der Waals surface area contributed by atoms with Gasteiger partial charge in [0.05, 0.1) is 6.10 Å². The van der Waals surface area contributed by atoms with Crippen molar-refractivity contribution in [3.05, 3.63) is 11.1 Å². The molecule has 2 unspecified atom stereocenters. The zero-order chi connectivity index (χ0) is 9.54. The molecule has 3 aliphatic rings. The summed E-state index contributed by atoms with van der Waals surface area (Å²) in [6.07, 6.45) is 10.5. The van der Waals surface area contributed by atoms with Crippen LogP contribution >= 0.6 is 0 Å². The van der Waals surface area contributed by atoms with Crippen LogP contribution in [0.25, 0.3) is 0 Å². The largest absolute Gasteiger partial charge is 0.392 e. The van der Waals surface area contributed by atoms with Crippen LogP contribution in [0.5, 0.6) is 0 Å². The van der Waals surface area contributed by atoms with Gasteiger partial charge in [0, 0.05) is 5.92 Å². The molecule has 14 heavy (non-hydrogen) atoms. The maximum atomic E-state index is 10.2. The summed E-state index contributed by atoms with van der Waals surface area (Å²) in [6.45, 7) is 0. The predicted molar refractivity (Wildman–Crippen MR) is 56.9 cm³/mol. The Morgan fingerprint density at radius 3 is 2.79 bits per heavy atom. The van der Waals surface area contributed by atoms with Crippen LogP contribution in [0.3, 0.4) is 0 Å². The van der Waals surface area contributed by atoms with E-state index in [1.54, 1.807) is 11.1 Å². The van der Waals surface area contributed by atoms with Gasteiger partial charge < -0.3 is 5.11 Å². The Labute approximate surface area is 86.2 Å². The van der Waals surface area contributed by atoms with E-state index in [-0.39, 0.29) is 6.10 Å². The topological polar surface area (TPSA) is 20.2 Å². The first-order valence-corrected chi connectivity index (χ1v) is 6.25. The van der Waals surface area contributed by atoms with Crippen LogP contribution in [-0.4, -0.2) is 11.2 Å². The molecule has 1 saturated carbocycles. The third-order valence-corrected chi connectivity index (χ3v) is 4.57. The molecule has 1 nitrogen and oxygen atoms in total. The van der Waals surface area contributed by atoms with Crippen LogP contribution in [0.15, 0.2) is 11.1 Å². The fourth-order valence-electron chi connectivity index (χ4n) is 3.86. The van der Waals surface area contributed by atoms with Crippen molar-refractivity contribution in [2.45, 2.75) is 57.5 Å². The Balaban J connectivity index is 1.95. The van der Waals surface area contributed by atoms with Crippen molar-refractivity contribution in [3.63, 3.8) is 0 Å². The Morgan fingerprint density at radius 1 is 1.00 bits per heavy atom. The third-order valence-electron chi connectivity index (χ3n) is 4.57. The van der Waals surface area contributed by atoms with E-state index in [0.717, 1.165) is 0 Å². The van der Waals surface area contributed by atoms with E-state index in [2.05, 4.69) is 0 Å². The van der Waals surface area contributed by atoms with Crippen molar-refractivity contribution in [1.29, 1.82) is 0 Å². The average molecular weight is 192 g/mol. The minimum atomic E-state index is 0.0144.